The van der Waals surface area contributed by atoms with Crippen LogP contribution in [0.4, 0.5) is 0 Å². The Kier molecular flexibility index (Phi) is 6.66. The van der Waals surface area contributed by atoms with E-state index < -0.39 is 0 Å². The van der Waals surface area contributed by atoms with Gasteiger partial charge in [0.25, 0.3) is 0 Å². The van der Waals surface area contributed by atoms with Crippen LogP contribution in [0.25, 0.3) is 0 Å². The molecule has 6 nitrogen and oxygen atoms in total. The van der Waals surface area contributed by atoms with Gasteiger partial charge in [0.05, 0.1) is 21.3 Å². The van der Waals surface area contributed by atoms with Gasteiger partial charge in [-0.15, -0.1) is 0 Å². The third kappa shape index (κ3) is 4.31. The second-order valence-electron chi connectivity index (χ2n) is 4.16. The first-order valence-electron chi connectivity index (χ1n) is 6.36. The first kappa shape index (κ1) is 16.1. The van der Waals surface area contributed by atoms with Gasteiger partial charge in [-0.3, -0.25) is 4.79 Å². The average molecular weight is 282 g/mol. The maximum Gasteiger partial charge on any atom is 0.221 e. The first-order chi connectivity index (χ1) is 9.65. The minimum absolute atomic E-state index is 0.00639. The Morgan fingerprint density at radius 2 is 1.70 bits per heavy atom. The van der Waals surface area contributed by atoms with E-state index in [1.165, 1.54) is 0 Å². The maximum atomic E-state index is 11.6. The van der Waals surface area contributed by atoms with Crippen molar-refractivity contribution in [2.75, 3.05) is 34.9 Å². The molecule has 1 aromatic rings. The fourth-order valence-corrected chi connectivity index (χ4v) is 1.77. The summed E-state index contributed by atoms with van der Waals surface area (Å²) in [6.07, 6.45) is 0.445. The van der Waals surface area contributed by atoms with Gasteiger partial charge in [-0.25, -0.2) is 0 Å². The predicted molar refractivity (Wildman–Crippen MR) is 76.5 cm³/mol. The Morgan fingerprint density at radius 3 is 2.15 bits per heavy atom. The van der Waals surface area contributed by atoms with E-state index in [9.17, 15) is 4.79 Å². The van der Waals surface area contributed by atoms with Gasteiger partial charge in [0, 0.05) is 19.5 Å². The maximum absolute atomic E-state index is 11.6. The van der Waals surface area contributed by atoms with Crippen LogP contribution in [0.3, 0.4) is 0 Å². The molecule has 0 atom stereocenters. The number of amides is 1. The van der Waals surface area contributed by atoms with E-state index in [0.29, 0.717) is 36.8 Å². The second-order valence-corrected chi connectivity index (χ2v) is 4.16. The molecule has 112 valence electrons. The molecule has 0 spiro atoms. The standard InChI is InChI=1S/C14H22N2O4/c1-15-6-5-13(17)16-9-10-7-11(18-2)14(20-4)12(8-10)19-3/h7-8,15H,5-6,9H2,1-4H3,(H,16,17). The topological polar surface area (TPSA) is 68.8 Å². The molecule has 20 heavy (non-hydrogen) atoms. The van der Waals surface area contributed by atoms with Crippen LogP contribution in [0, 0.1) is 0 Å². The fraction of sp³-hybridized carbons (Fsp3) is 0.500. The molecule has 6 heteroatoms. The van der Waals surface area contributed by atoms with Gasteiger partial charge in [0.1, 0.15) is 0 Å². The lowest BCUT2D eigenvalue weighted by atomic mass is 10.1. The summed E-state index contributed by atoms with van der Waals surface area (Å²) in [7, 11) is 6.49. The second kappa shape index (κ2) is 8.27. The first-order valence-corrected chi connectivity index (χ1v) is 6.36. The smallest absolute Gasteiger partial charge is 0.221 e. The molecule has 0 bridgehead atoms. The zero-order valence-corrected chi connectivity index (χ0v) is 12.4. The largest absolute Gasteiger partial charge is 0.493 e. The van der Waals surface area contributed by atoms with Crippen LogP contribution in [-0.2, 0) is 11.3 Å². The summed E-state index contributed by atoms with van der Waals surface area (Å²) in [5, 5.41) is 5.77. The van der Waals surface area contributed by atoms with Crippen LogP contribution < -0.4 is 24.8 Å². The summed E-state index contributed by atoms with van der Waals surface area (Å²) < 4.78 is 15.8. The molecular weight excluding hydrogens is 260 g/mol. The lowest BCUT2D eigenvalue weighted by molar-refractivity contribution is -0.121. The Hall–Kier alpha value is -1.95. The molecule has 0 saturated heterocycles. The number of benzene rings is 1. The summed E-state index contributed by atoms with van der Waals surface area (Å²) >= 11 is 0. The van der Waals surface area contributed by atoms with Crippen LogP contribution in [0.15, 0.2) is 12.1 Å². The van der Waals surface area contributed by atoms with E-state index in [2.05, 4.69) is 10.6 Å². The van der Waals surface area contributed by atoms with Gasteiger partial charge < -0.3 is 24.8 Å². The number of rotatable bonds is 8. The predicted octanol–water partition coefficient (Wildman–Crippen LogP) is 0.938. The highest BCUT2D eigenvalue weighted by Gasteiger charge is 2.13. The van der Waals surface area contributed by atoms with Gasteiger partial charge in [-0.2, -0.15) is 0 Å². The van der Waals surface area contributed by atoms with E-state index in [1.54, 1.807) is 21.3 Å². The summed E-state index contributed by atoms with van der Waals surface area (Å²) in [6, 6.07) is 3.64. The van der Waals surface area contributed by atoms with E-state index >= 15 is 0 Å². The monoisotopic (exact) mass is 282 g/mol. The number of carbonyl (C=O) groups excluding carboxylic acids is 1. The Balaban J connectivity index is 2.78. The molecule has 1 amide bonds. The SMILES string of the molecule is CNCCC(=O)NCc1cc(OC)c(OC)c(OC)c1. The quantitative estimate of drug-likeness (QED) is 0.742. The molecule has 0 aliphatic rings. The normalized spacial score (nSPS) is 10.0. The highest BCUT2D eigenvalue weighted by atomic mass is 16.5. The van der Waals surface area contributed by atoms with Crippen molar-refractivity contribution in [1.82, 2.24) is 10.6 Å². The molecule has 1 rings (SSSR count). The molecule has 1 aromatic carbocycles. The molecule has 0 radical (unpaired) electrons. The van der Waals surface area contributed by atoms with Gasteiger partial charge in [-0.1, -0.05) is 0 Å². The van der Waals surface area contributed by atoms with Crippen LogP contribution in [0.1, 0.15) is 12.0 Å². The van der Waals surface area contributed by atoms with Crippen LogP contribution in [0.2, 0.25) is 0 Å². The van der Waals surface area contributed by atoms with Crippen LogP contribution in [0.5, 0.6) is 17.2 Å². The van der Waals surface area contributed by atoms with Crippen molar-refractivity contribution in [1.29, 1.82) is 0 Å². The highest BCUT2D eigenvalue weighted by Crippen LogP contribution is 2.38. The molecule has 0 aliphatic carbocycles. The van der Waals surface area contributed by atoms with Crippen molar-refractivity contribution < 1.29 is 19.0 Å². The summed E-state index contributed by atoms with van der Waals surface area (Å²) in [6.45, 7) is 1.07. The van der Waals surface area contributed by atoms with E-state index in [4.69, 9.17) is 14.2 Å². The minimum atomic E-state index is -0.00639. The van der Waals surface area contributed by atoms with Gasteiger partial charge in [0.2, 0.25) is 11.7 Å². The van der Waals surface area contributed by atoms with E-state index in [0.717, 1.165) is 5.56 Å². The van der Waals surface area contributed by atoms with Gasteiger partial charge in [-0.05, 0) is 24.7 Å². The van der Waals surface area contributed by atoms with Crippen molar-refractivity contribution in [3.8, 4) is 17.2 Å². The Morgan fingerprint density at radius 1 is 1.10 bits per heavy atom. The fourth-order valence-electron chi connectivity index (χ4n) is 1.77. The molecular formula is C14H22N2O4. The summed E-state index contributed by atoms with van der Waals surface area (Å²) in [5.41, 5.74) is 0.886. The molecule has 0 fully saturated rings. The number of carbonyl (C=O) groups is 1. The average Bonchev–Trinajstić information content (AvgIpc) is 2.49. The van der Waals surface area contributed by atoms with E-state index in [1.807, 2.05) is 19.2 Å². The van der Waals surface area contributed by atoms with Gasteiger partial charge >= 0.3 is 0 Å². The number of hydrogen-bond donors (Lipinski definition) is 2. The zero-order valence-electron chi connectivity index (χ0n) is 12.4. The Bertz CT molecular complexity index is 424. The van der Waals surface area contributed by atoms with Crippen molar-refractivity contribution in [2.24, 2.45) is 0 Å². The molecule has 0 aromatic heterocycles. The van der Waals surface area contributed by atoms with Crippen molar-refractivity contribution >= 4 is 5.91 Å². The lowest BCUT2D eigenvalue weighted by Gasteiger charge is -2.14. The van der Waals surface area contributed by atoms with Crippen LogP contribution >= 0.6 is 0 Å². The van der Waals surface area contributed by atoms with Crippen LogP contribution in [-0.4, -0.2) is 40.8 Å². The number of hydrogen-bond acceptors (Lipinski definition) is 5. The van der Waals surface area contributed by atoms with Crippen molar-refractivity contribution in [2.45, 2.75) is 13.0 Å². The zero-order chi connectivity index (χ0) is 15.0. The highest BCUT2D eigenvalue weighted by molar-refractivity contribution is 5.76. The lowest BCUT2D eigenvalue weighted by Crippen LogP contribution is -2.26. The van der Waals surface area contributed by atoms with E-state index in [-0.39, 0.29) is 5.91 Å². The minimum Gasteiger partial charge on any atom is -0.493 e. The molecule has 0 aliphatic heterocycles. The van der Waals surface area contributed by atoms with Gasteiger partial charge in [0.15, 0.2) is 11.5 Å². The Labute approximate surface area is 119 Å². The molecule has 0 saturated carbocycles. The molecule has 0 unspecified atom stereocenters. The van der Waals surface area contributed by atoms with Crippen molar-refractivity contribution in [3.05, 3.63) is 17.7 Å². The molecule has 2 N–H and O–H groups in total. The number of ether oxygens (including phenoxy) is 3. The third-order valence-corrected chi connectivity index (χ3v) is 2.82. The summed E-state index contributed by atoms with van der Waals surface area (Å²) in [5.74, 6) is 1.69. The van der Waals surface area contributed by atoms with Crippen molar-refractivity contribution in [3.63, 3.8) is 0 Å². The number of methoxy groups -OCH3 is 3. The number of nitrogens with one attached hydrogen (secondary N) is 2. The third-order valence-electron chi connectivity index (χ3n) is 2.82. The molecule has 0 heterocycles. The summed E-state index contributed by atoms with van der Waals surface area (Å²) in [4.78, 5) is 11.6.